The summed E-state index contributed by atoms with van der Waals surface area (Å²) in [5.74, 6) is 3.86. The van der Waals surface area contributed by atoms with Gasteiger partial charge in [0.2, 0.25) is 0 Å². The second-order valence-corrected chi connectivity index (χ2v) is 25.6. The third-order valence-electron chi connectivity index (χ3n) is 19.8. The monoisotopic (exact) mass is 1300 g/mol. The Morgan fingerprint density at radius 3 is 0.902 bits per heavy atom. The molecule has 0 aliphatic rings. The molecule has 0 radical (unpaired) electrons. The van der Waals surface area contributed by atoms with Crippen molar-refractivity contribution in [2.24, 2.45) is 0 Å². The minimum Gasteiger partial charge on any atom is -0.455 e. The lowest BCUT2D eigenvalue weighted by atomic mass is 9.99. The van der Waals surface area contributed by atoms with Gasteiger partial charge in [-0.1, -0.05) is 261 Å². The van der Waals surface area contributed by atoms with Crippen molar-refractivity contribution in [1.82, 2.24) is 43.6 Å². The fourth-order valence-electron chi connectivity index (χ4n) is 15.3. The standard InChI is InChI=1S/C49H31N5.C43H26N4O/c1-4-16-32(17-5-1)47-50-48(33-18-6-2-7-19-33)52-49(51-47)34-28-30-36(31-29-34)53-42-27-15-13-25-40(42)44-45(53)38-23-11-10-22-37(38)43-39-24-12-14-26-41(39)54(46(43)44)35-20-8-3-9-21-35;1-3-13-27(14-4-1)41-44-42(28-15-5-2-6-16-28)46-43(45-41)29-23-25-30(26-24-29)47-35-21-11-9-19-33(35)37-38-34-20-10-12-22-36(34)48-40(38)32-18-8-7-17-31(32)39(37)47/h1-31H;1-26H. The average molecular weight is 1300 g/mol. The third kappa shape index (κ3) is 9.49. The SMILES string of the molecule is c1ccc(-c2nc(-c3ccccc3)nc(-c3ccc(-n4c5ccccc5c5c4c4ccccc4c4c6ccccc6n(-c6ccccc6)c45)cc3)n2)cc1.c1ccc(-c2nc(-c3ccccc3)nc(-c3ccc(-n4c5ccccc5c5c6c7ccccc7oc6c6ccccc6c54)cc3)n2)cc1. The Bertz CT molecular complexity index is 6710. The highest BCUT2D eigenvalue weighted by Crippen LogP contribution is 2.49. The Morgan fingerprint density at radius 1 is 0.186 bits per heavy atom. The van der Waals surface area contributed by atoms with Gasteiger partial charge in [0.15, 0.2) is 34.9 Å². The predicted molar refractivity (Wildman–Crippen MR) is 418 cm³/mol. The second kappa shape index (κ2) is 23.9. The molecule has 0 saturated heterocycles. The van der Waals surface area contributed by atoms with Gasteiger partial charge in [-0.05, 0) is 90.3 Å². The molecule has 10 nitrogen and oxygen atoms in total. The predicted octanol–water partition coefficient (Wildman–Crippen LogP) is 23.2. The van der Waals surface area contributed by atoms with E-state index in [0.717, 1.165) is 99.7 Å². The Balaban J connectivity index is 0.000000138. The molecule has 15 aromatic carbocycles. The molecular weight excluding hydrogens is 1250 g/mol. The van der Waals surface area contributed by atoms with E-state index in [0.29, 0.717) is 34.9 Å². The first-order valence-corrected chi connectivity index (χ1v) is 34.3. The lowest BCUT2D eigenvalue weighted by Gasteiger charge is -2.13. The summed E-state index contributed by atoms with van der Waals surface area (Å²) in [6.45, 7) is 0. The van der Waals surface area contributed by atoms with Crippen LogP contribution in [0.5, 0.6) is 0 Å². The number of hydrogen-bond donors (Lipinski definition) is 0. The van der Waals surface area contributed by atoms with Gasteiger partial charge in [-0.25, -0.2) is 29.9 Å². The first kappa shape index (κ1) is 58.2. The van der Waals surface area contributed by atoms with Gasteiger partial charge < -0.3 is 18.1 Å². The highest BCUT2D eigenvalue weighted by atomic mass is 16.3. The van der Waals surface area contributed by atoms with Crippen molar-refractivity contribution in [3.8, 4) is 85.4 Å². The molecule has 0 aliphatic carbocycles. The van der Waals surface area contributed by atoms with Gasteiger partial charge in [0.05, 0.1) is 33.1 Å². The number of fused-ring (bicyclic) bond motifs is 20. The van der Waals surface area contributed by atoms with Crippen molar-refractivity contribution in [3.63, 3.8) is 0 Å². The van der Waals surface area contributed by atoms with Crippen LogP contribution < -0.4 is 0 Å². The second-order valence-electron chi connectivity index (χ2n) is 25.6. The topological polar surface area (TPSA) is 105 Å². The molecule has 0 atom stereocenters. The number of furan rings is 1. The number of benzene rings is 15. The summed E-state index contributed by atoms with van der Waals surface area (Å²) in [7, 11) is 0. The summed E-state index contributed by atoms with van der Waals surface area (Å²) in [5, 5.41) is 14.3. The van der Waals surface area contributed by atoms with Crippen LogP contribution in [0.4, 0.5) is 0 Å². The van der Waals surface area contributed by atoms with E-state index in [1.165, 1.54) is 59.6 Å². The quantitative estimate of drug-likeness (QED) is 0.142. The molecular formula is C92H57N9O. The number of rotatable bonds is 9. The van der Waals surface area contributed by atoms with E-state index in [-0.39, 0.29) is 0 Å². The average Bonchev–Trinajstić information content (AvgIpc) is 1.54. The third-order valence-corrected chi connectivity index (χ3v) is 19.8. The highest BCUT2D eigenvalue weighted by Gasteiger charge is 2.27. The molecule has 10 heteroatoms. The summed E-state index contributed by atoms with van der Waals surface area (Å²) >= 11 is 0. The fourth-order valence-corrected chi connectivity index (χ4v) is 15.3. The van der Waals surface area contributed by atoms with Crippen LogP contribution in [0.25, 0.3) is 194 Å². The van der Waals surface area contributed by atoms with E-state index in [1.807, 2.05) is 127 Å². The minimum atomic E-state index is 0.633. The van der Waals surface area contributed by atoms with E-state index >= 15 is 0 Å². The first-order chi connectivity index (χ1) is 50.6. The molecule has 102 heavy (non-hydrogen) atoms. The molecule has 6 aromatic heterocycles. The van der Waals surface area contributed by atoms with E-state index in [2.05, 4.69) is 232 Å². The van der Waals surface area contributed by atoms with Gasteiger partial charge in [0, 0.05) is 110 Å². The van der Waals surface area contributed by atoms with Crippen molar-refractivity contribution in [2.45, 2.75) is 0 Å². The molecule has 0 bridgehead atoms. The molecule has 0 saturated carbocycles. The Labute approximate surface area is 584 Å². The summed E-state index contributed by atoms with van der Waals surface area (Å²) in [6.07, 6.45) is 0. The largest absolute Gasteiger partial charge is 0.455 e. The molecule has 0 N–H and O–H groups in total. The molecule has 0 fully saturated rings. The summed E-state index contributed by atoms with van der Waals surface area (Å²) in [4.78, 5) is 29.6. The van der Waals surface area contributed by atoms with Gasteiger partial charge in [-0.3, -0.25) is 0 Å². The minimum absolute atomic E-state index is 0.633. The van der Waals surface area contributed by atoms with Gasteiger partial charge in [-0.15, -0.1) is 0 Å². The molecule has 476 valence electrons. The number of hydrogen-bond acceptors (Lipinski definition) is 7. The van der Waals surface area contributed by atoms with E-state index in [4.69, 9.17) is 34.3 Å². The summed E-state index contributed by atoms with van der Waals surface area (Å²) < 4.78 is 13.8. The summed E-state index contributed by atoms with van der Waals surface area (Å²) in [5.41, 5.74) is 17.8. The zero-order chi connectivity index (χ0) is 67.2. The van der Waals surface area contributed by atoms with E-state index < -0.39 is 0 Å². The molecule has 21 rings (SSSR count). The van der Waals surface area contributed by atoms with E-state index in [1.54, 1.807) is 0 Å². The Morgan fingerprint density at radius 2 is 0.471 bits per heavy atom. The van der Waals surface area contributed by atoms with Crippen LogP contribution >= 0.6 is 0 Å². The molecule has 0 unspecified atom stereocenters. The normalized spacial score (nSPS) is 11.7. The van der Waals surface area contributed by atoms with Crippen molar-refractivity contribution < 1.29 is 4.42 Å². The van der Waals surface area contributed by atoms with Gasteiger partial charge in [0.25, 0.3) is 0 Å². The van der Waals surface area contributed by atoms with Crippen LogP contribution in [0, 0.1) is 0 Å². The molecule has 21 aromatic rings. The van der Waals surface area contributed by atoms with Crippen LogP contribution in [0.1, 0.15) is 0 Å². The van der Waals surface area contributed by atoms with Gasteiger partial charge >= 0.3 is 0 Å². The van der Waals surface area contributed by atoms with Crippen LogP contribution in [0.3, 0.4) is 0 Å². The van der Waals surface area contributed by atoms with Crippen LogP contribution in [-0.2, 0) is 0 Å². The lowest BCUT2D eigenvalue weighted by molar-refractivity contribution is 0.673. The van der Waals surface area contributed by atoms with Crippen molar-refractivity contribution in [2.75, 3.05) is 0 Å². The van der Waals surface area contributed by atoms with Crippen LogP contribution in [0.2, 0.25) is 0 Å². The van der Waals surface area contributed by atoms with Crippen molar-refractivity contribution >= 4 is 109 Å². The van der Waals surface area contributed by atoms with Gasteiger partial charge in [-0.2, -0.15) is 0 Å². The molecule has 0 amide bonds. The lowest BCUT2D eigenvalue weighted by Crippen LogP contribution is -2.00. The fraction of sp³-hybridized carbons (Fsp3) is 0. The van der Waals surface area contributed by atoms with Crippen molar-refractivity contribution in [1.29, 1.82) is 0 Å². The Hall–Kier alpha value is -14.0. The number of aromatic nitrogens is 9. The Kier molecular flexibility index (Phi) is 13.7. The van der Waals surface area contributed by atoms with Crippen molar-refractivity contribution in [3.05, 3.63) is 346 Å². The maximum Gasteiger partial charge on any atom is 0.164 e. The smallest absolute Gasteiger partial charge is 0.164 e. The van der Waals surface area contributed by atoms with Crippen LogP contribution in [-0.4, -0.2) is 43.6 Å². The first-order valence-electron chi connectivity index (χ1n) is 34.3. The maximum absolute atomic E-state index is 6.56. The zero-order valence-corrected chi connectivity index (χ0v) is 54.8. The maximum atomic E-state index is 6.56. The zero-order valence-electron chi connectivity index (χ0n) is 54.8. The molecule has 0 spiro atoms. The van der Waals surface area contributed by atoms with E-state index in [9.17, 15) is 0 Å². The molecule has 0 aliphatic heterocycles. The number of nitrogens with zero attached hydrogens (tertiary/aromatic N) is 9. The van der Waals surface area contributed by atoms with Crippen LogP contribution in [0.15, 0.2) is 350 Å². The van der Waals surface area contributed by atoms with Gasteiger partial charge in [0.1, 0.15) is 11.2 Å². The number of para-hydroxylation sites is 5. The highest BCUT2D eigenvalue weighted by molar-refractivity contribution is 6.38. The molecule has 6 heterocycles. The summed E-state index contributed by atoms with van der Waals surface area (Å²) in [6, 6.07) is 120.